The Kier molecular flexibility index (Phi) is 4.93. The first kappa shape index (κ1) is 14.3. The minimum absolute atomic E-state index is 0.0100. The molecule has 0 bridgehead atoms. The molecule has 1 aromatic rings. The molecule has 0 aliphatic carbocycles. The Morgan fingerprint density at radius 2 is 2.25 bits per heavy atom. The number of amides is 1. The lowest BCUT2D eigenvalue weighted by Gasteiger charge is -2.11. The average Bonchev–Trinajstić information content (AvgIpc) is 2.95. The SMILES string of the molecule is COC1CNC(C(=O)Nc2ccc(OCC#N)cc2)C1. The molecule has 0 saturated carbocycles. The molecule has 2 atom stereocenters. The molecule has 20 heavy (non-hydrogen) atoms. The molecule has 0 aromatic heterocycles. The summed E-state index contributed by atoms with van der Waals surface area (Å²) in [5.41, 5.74) is 0.696. The number of carbonyl (C=O) groups excluding carboxylic acids is 1. The molecule has 2 unspecified atom stereocenters. The van der Waals surface area contributed by atoms with Crippen molar-refractivity contribution in [2.24, 2.45) is 0 Å². The van der Waals surface area contributed by atoms with Gasteiger partial charge in [-0.25, -0.2) is 0 Å². The van der Waals surface area contributed by atoms with Crippen LogP contribution in [0.1, 0.15) is 6.42 Å². The quantitative estimate of drug-likeness (QED) is 0.834. The zero-order chi connectivity index (χ0) is 14.4. The van der Waals surface area contributed by atoms with E-state index < -0.39 is 0 Å². The predicted octanol–water partition coefficient (Wildman–Crippen LogP) is 0.904. The second kappa shape index (κ2) is 6.89. The van der Waals surface area contributed by atoms with E-state index in [0.717, 1.165) is 0 Å². The topological polar surface area (TPSA) is 83.4 Å². The van der Waals surface area contributed by atoms with E-state index >= 15 is 0 Å². The normalized spacial score (nSPS) is 21.2. The molecule has 2 rings (SSSR count). The zero-order valence-corrected chi connectivity index (χ0v) is 11.3. The lowest BCUT2D eigenvalue weighted by molar-refractivity contribution is -0.118. The molecule has 1 heterocycles. The number of carbonyl (C=O) groups is 1. The van der Waals surface area contributed by atoms with Crippen LogP contribution in [0, 0.1) is 11.3 Å². The summed E-state index contributed by atoms with van der Waals surface area (Å²) in [4.78, 5) is 12.0. The molecule has 1 aliphatic rings. The van der Waals surface area contributed by atoms with Gasteiger partial charge in [-0.05, 0) is 30.7 Å². The molecule has 1 fully saturated rings. The number of nitrogens with one attached hydrogen (secondary N) is 2. The number of rotatable bonds is 5. The molecular weight excluding hydrogens is 258 g/mol. The van der Waals surface area contributed by atoms with Crippen LogP contribution in [0.25, 0.3) is 0 Å². The molecule has 106 valence electrons. The first-order valence-electron chi connectivity index (χ1n) is 6.40. The van der Waals surface area contributed by atoms with Gasteiger partial charge in [0.1, 0.15) is 11.8 Å². The van der Waals surface area contributed by atoms with Gasteiger partial charge in [0.15, 0.2) is 6.61 Å². The Bertz CT molecular complexity index is 495. The van der Waals surface area contributed by atoms with Crippen LogP contribution in [-0.4, -0.2) is 38.3 Å². The van der Waals surface area contributed by atoms with Crippen molar-refractivity contribution in [3.8, 4) is 11.8 Å². The Balaban J connectivity index is 1.87. The van der Waals surface area contributed by atoms with Crippen molar-refractivity contribution in [2.75, 3.05) is 25.6 Å². The highest BCUT2D eigenvalue weighted by Crippen LogP contribution is 2.17. The van der Waals surface area contributed by atoms with E-state index in [-0.39, 0.29) is 24.7 Å². The van der Waals surface area contributed by atoms with Gasteiger partial charge in [0.05, 0.1) is 12.1 Å². The predicted molar refractivity (Wildman–Crippen MR) is 73.4 cm³/mol. The monoisotopic (exact) mass is 275 g/mol. The molecule has 1 aromatic carbocycles. The Morgan fingerprint density at radius 1 is 1.50 bits per heavy atom. The number of anilines is 1. The molecular formula is C14H17N3O3. The maximum absolute atomic E-state index is 12.0. The standard InChI is InChI=1S/C14H17N3O3/c1-19-12-8-13(16-9-12)14(18)17-10-2-4-11(5-3-10)20-7-6-15/h2-5,12-13,16H,7-9H2,1H3,(H,17,18). The van der Waals surface area contributed by atoms with Crippen LogP contribution in [-0.2, 0) is 9.53 Å². The number of hydrogen-bond acceptors (Lipinski definition) is 5. The molecule has 1 amide bonds. The lowest BCUT2D eigenvalue weighted by atomic mass is 10.2. The van der Waals surface area contributed by atoms with E-state index in [1.54, 1.807) is 31.4 Å². The third-order valence-electron chi connectivity index (χ3n) is 3.17. The van der Waals surface area contributed by atoms with E-state index in [1.165, 1.54) is 0 Å². The maximum Gasteiger partial charge on any atom is 0.241 e. The summed E-state index contributed by atoms with van der Waals surface area (Å²) >= 11 is 0. The van der Waals surface area contributed by atoms with E-state index in [9.17, 15) is 4.79 Å². The van der Waals surface area contributed by atoms with Crippen LogP contribution in [0.4, 0.5) is 5.69 Å². The number of methoxy groups -OCH3 is 1. The third kappa shape index (κ3) is 3.70. The highest BCUT2D eigenvalue weighted by molar-refractivity contribution is 5.95. The number of nitrogens with zero attached hydrogens (tertiary/aromatic N) is 1. The van der Waals surface area contributed by atoms with Crippen LogP contribution >= 0.6 is 0 Å². The smallest absolute Gasteiger partial charge is 0.241 e. The summed E-state index contributed by atoms with van der Waals surface area (Å²) in [5.74, 6) is 0.526. The molecule has 0 radical (unpaired) electrons. The van der Waals surface area contributed by atoms with Crippen LogP contribution < -0.4 is 15.4 Å². The van der Waals surface area contributed by atoms with E-state index in [2.05, 4.69) is 10.6 Å². The second-order valence-electron chi connectivity index (χ2n) is 4.51. The second-order valence-corrected chi connectivity index (χ2v) is 4.51. The van der Waals surface area contributed by atoms with Gasteiger partial charge in [-0.3, -0.25) is 4.79 Å². The third-order valence-corrected chi connectivity index (χ3v) is 3.17. The fourth-order valence-electron chi connectivity index (χ4n) is 2.06. The summed E-state index contributed by atoms with van der Waals surface area (Å²) < 4.78 is 10.4. The van der Waals surface area contributed by atoms with Crippen LogP contribution in [0.5, 0.6) is 5.75 Å². The minimum Gasteiger partial charge on any atom is -0.479 e. The fourth-order valence-corrected chi connectivity index (χ4v) is 2.06. The summed E-state index contributed by atoms with van der Waals surface area (Å²) in [6.07, 6.45) is 0.763. The van der Waals surface area contributed by atoms with Gasteiger partial charge in [-0.1, -0.05) is 0 Å². The Labute approximate surface area is 117 Å². The molecule has 1 saturated heterocycles. The van der Waals surface area contributed by atoms with Crippen molar-refractivity contribution in [3.05, 3.63) is 24.3 Å². The average molecular weight is 275 g/mol. The largest absolute Gasteiger partial charge is 0.479 e. The van der Waals surface area contributed by atoms with Crippen molar-refractivity contribution >= 4 is 11.6 Å². The van der Waals surface area contributed by atoms with Crippen LogP contribution in [0.2, 0.25) is 0 Å². The summed E-state index contributed by atoms with van der Waals surface area (Å²) in [5, 5.41) is 14.4. The van der Waals surface area contributed by atoms with Crippen molar-refractivity contribution in [3.63, 3.8) is 0 Å². The summed E-state index contributed by atoms with van der Waals surface area (Å²) in [6.45, 7) is 0.700. The molecule has 2 N–H and O–H groups in total. The van der Waals surface area contributed by atoms with E-state index in [0.29, 0.717) is 24.4 Å². The van der Waals surface area contributed by atoms with Crippen LogP contribution in [0.15, 0.2) is 24.3 Å². The van der Waals surface area contributed by atoms with E-state index in [4.69, 9.17) is 14.7 Å². The van der Waals surface area contributed by atoms with Crippen molar-refractivity contribution in [1.82, 2.24) is 5.32 Å². The highest BCUT2D eigenvalue weighted by Gasteiger charge is 2.29. The molecule has 6 nitrogen and oxygen atoms in total. The Morgan fingerprint density at radius 3 is 2.85 bits per heavy atom. The van der Waals surface area contributed by atoms with Gasteiger partial charge in [-0.15, -0.1) is 0 Å². The van der Waals surface area contributed by atoms with Gasteiger partial charge in [0.2, 0.25) is 5.91 Å². The van der Waals surface area contributed by atoms with Crippen molar-refractivity contribution < 1.29 is 14.3 Å². The van der Waals surface area contributed by atoms with E-state index in [1.807, 2.05) is 6.07 Å². The first-order valence-corrected chi connectivity index (χ1v) is 6.40. The summed E-state index contributed by atoms with van der Waals surface area (Å²) in [6, 6.07) is 8.59. The summed E-state index contributed by atoms with van der Waals surface area (Å²) in [7, 11) is 1.65. The minimum atomic E-state index is -0.227. The number of hydrogen-bond donors (Lipinski definition) is 2. The van der Waals surface area contributed by atoms with Crippen molar-refractivity contribution in [1.29, 1.82) is 5.26 Å². The first-order chi connectivity index (χ1) is 9.72. The number of benzene rings is 1. The maximum atomic E-state index is 12.0. The molecule has 6 heteroatoms. The van der Waals surface area contributed by atoms with Gasteiger partial charge in [0, 0.05) is 19.3 Å². The Hall–Kier alpha value is -2.10. The highest BCUT2D eigenvalue weighted by atomic mass is 16.5. The lowest BCUT2D eigenvalue weighted by Crippen LogP contribution is -2.35. The van der Waals surface area contributed by atoms with Gasteiger partial charge >= 0.3 is 0 Å². The zero-order valence-electron chi connectivity index (χ0n) is 11.3. The fraction of sp³-hybridized carbons (Fsp3) is 0.429. The number of nitriles is 1. The van der Waals surface area contributed by atoms with Gasteiger partial charge in [-0.2, -0.15) is 5.26 Å². The van der Waals surface area contributed by atoms with Crippen molar-refractivity contribution in [2.45, 2.75) is 18.6 Å². The molecule has 0 spiro atoms. The van der Waals surface area contributed by atoms with Crippen LogP contribution in [0.3, 0.4) is 0 Å². The van der Waals surface area contributed by atoms with Gasteiger partial charge < -0.3 is 20.1 Å². The van der Waals surface area contributed by atoms with Gasteiger partial charge in [0.25, 0.3) is 0 Å². The number of ether oxygens (including phenoxy) is 2. The molecule has 1 aliphatic heterocycles.